The minimum Gasteiger partial charge on any atom is -0.311 e. The lowest BCUT2D eigenvalue weighted by Gasteiger charge is -2.26. The van der Waals surface area contributed by atoms with Crippen LogP contribution in [0.1, 0.15) is 53.4 Å². The number of hydrogen-bond acceptors (Lipinski definition) is 1. The zero-order chi connectivity index (χ0) is 9.84. The SMILES string of the molecule is CC(C)C(C)N[C@@H](C)C1CCCC1. The highest BCUT2D eigenvalue weighted by Crippen LogP contribution is 2.27. The van der Waals surface area contributed by atoms with Gasteiger partial charge in [-0.05, 0) is 38.5 Å². The van der Waals surface area contributed by atoms with Crippen LogP contribution in [0.5, 0.6) is 0 Å². The van der Waals surface area contributed by atoms with Gasteiger partial charge in [-0.15, -0.1) is 0 Å². The molecule has 0 aliphatic heterocycles. The van der Waals surface area contributed by atoms with E-state index in [0.29, 0.717) is 6.04 Å². The second kappa shape index (κ2) is 4.99. The number of rotatable bonds is 4. The second-order valence-corrected chi connectivity index (χ2v) is 5.03. The molecule has 0 spiro atoms. The highest BCUT2D eigenvalue weighted by Gasteiger charge is 2.22. The molecule has 2 atom stereocenters. The van der Waals surface area contributed by atoms with E-state index >= 15 is 0 Å². The van der Waals surface area contributed by atoms with Crippen molar-refractivity contribution in [1.82, 2.24) is 5.32 Å². The van der Waals surface area contributed by atoms with E-state index in [1.165, 1.54) is 25.7 Å². The van der Waals surface area contributed by atoms with E-state index in [0.717, 1.165) is 17.9 Å². The highest BCUT2D eigenvalue weighted by atomic mass is 14.9. The molecule has 1 aliphatic carbocycles. The lowest BCUT2D eigenvalue weighted by atomic mass is 9.97. The Balaban J connectivity index is 2.26. The van der Waals surface area contributed by atoms with Crippen molar-refractivity contribution in [1.29, 1.82) is 0 Å². The first-order valence-electron chi connectivity index (χ1n) is 5.87. The van der Waals surface area contributed by atoms with Crippen LogP contribution in [-0.4, -0.2) is 12.1 Å². The van der Waals surface area contributed by atoms with Crippen LogP contribution in [0, 0.1) is 11.8 Å². The zero-order valence-electron chi connectivity index (χ0n) is 9.64. The Labute approximate surface area is 83.3 Å². The minimum absolute atomic E-state index is 0.663. The Morgan fingerprint density at radius 1 is 1.00 bits per heavy atom. The van der Waals surface area contributed by atoms with Crippen LogP contribution in [0.2, 0.25) is 0 Å². The van der Waals surface area contributed by atoms with Gasteiger partial charge in [-0.1, -0.05) is 26.7 Å². The molecule has 1 N–H and O–H groups in total. The van der Waals surface area contributed by atoms with Gasteiger partial charge in [0.05, 0.1) is 0 Å². The summed E-state index contributed by atoms with van der Waals surface area (Å²) in [5.41, 5.74) is 0. The van der Waals surface area contributed by atoms with Gasteiger partial charge < -0.3 is 5.32 Å². The van der Waals surface area contributed by atoms with Crippen LogP contribution < -0.4 is 5.32 Å². The van der Waals surface area contributed by atoms with Crippen LogP contribution in [0.4, 0.5) is 0 Å². The molecule has 1 saturated carbocycles. The minimum atomic E-state index is 0.663. The van der Waals surface area contributed by atoms with Crippen molar-refractivity contribution in [2.75, 3.05) is 0 Å². The van der Waals surface area contributed by atoms with Gasteiger partial charge >= 0.3 is 0 Å². The van der Waals surface area contributed by atoms with Crippen molar-refractivity contribution in [3.05, 3.63) is 0 Å². The third kappa shape index (κ3) is 3.30. The van der Waals surface area contributed by atoms with E-state index in [9.17, 15) is 0 Å². The lowest BCUT2D eigenvalue weighted by Crippen LogP contribution is -2.41. The molecule has 1 fully saturated rings. The van der Waals surface area contributed by atoms with E-state index in [1.54, 1.807) is 0 Å². The molecule has 1 nitrogen and oxygen atoms in total. The van der Waals surface area contributed by atoms with Crippen LogP contribution in [0.25, 0.3) is 0 Å². The van der Waals surface area contributed by atoms with Crippen LogP contribution >= 0.6 is 0 Å². The smallest absolute Gasteiger partial charge is 0.00695 e. The first-order valence-corrected chi connectivity index (χ1v) is 5.87. The standard InChI is InChI=1S/C12H25N/c1-9(2)10(3)13-11(4)12-7-5-6-8-12/h9-13H,5-8H2,1-4H3/t10?,11-/m0/s1. The molecule has 1 unspecified atom stereocenters. The monoisotopic (exact) mass is 183 g/mol. The molecule has 1 aliphatic rings. The van der Waals surface area contributed by atoms with Crippen molar-refractivity contribution in [2.45, 2.75) is 65.5 Å². The molecule has 0 saturated heterocycles. The average molecular weight is 183 g/mol. The zero-order valence-corrected chi connectivity index (χ0v) is 9.64. The average Bonchev–Trinajstić information content (AvgIpc) is 2.55. The molecule has 0 aromatic rings. The summed E-state index contributed by atoms with van der Waals surface area (Å²) in [6.45, 7) is 9.24. The quantitative estimate of drug-likeness (QED) is 0.706. The molecule has 1 rings (SSSR count). The summed E-state index contributed by atoms with van der Waals surface area (Å²) in [6.07, 6.45) is 5.79. The fourth-order valence-electron chi connectivity index (χ4n) is 2.20. The van der Waals surface area contributed by atoms with Gasteiger partial charge in [0.15, 0.2) is 0 Å². The number of nitrogens with one attached hydrogen (secondary N) is 1. The lowest BCUT2D eigenvalue weighted by molar-refractivity contribution is 0.312. The van der Waals surface area contributed by atoms with Gasteiger partial charge in [-0.3, -0.25) is 0 Å². The third-order valence-corrected chi connectivity index (χ3v) is 3.63. The molecule has 0 heterocycles. The van der Waals surface area contributed by atoms with Gasteiger partial charge in [0.25, 0.3) is 0 Å². The second-order valence-electron chi connectivity index (χ2n) is 5.03. The molecule has 78 valence electrons. The van der Waals surface area contributed by atoms with E-state index in [4.69, 9.17) is 0 Å². The first kappa shape index (κ1) is 11.0. The summed E-state index contributed by atoms with van der Waals surface area (Å²) in [5, 5.41) is 3.72. The summed E-state index contributed by atoms with van der Waals surface area (Å²) in [5.74, 6) is 1.70. The predicted octanol–water partition coefficient (Wildman–Crippen LogP) is 3.20. The Kier molecular flexibility index (Phi) is 4.24. The Morgan fingerprint density at radius 2 is 1.54 bits per heavy atom. The van der Waals surface area contributed by atoms with Gasteiger partial charge in [-0.25, -0.2) is 0 Å². The molecular formula is C12H25N. The maximum Gasteiger partial charge on any atom is 0.00695 e. The largest absolute Gasteiger partial charge is 0.311 e. The van der Waals surface area contributed by atoms with Crippen molar-refractivity contribution in [3.8, 4) is 0 Å². The van der Waals surface area contributed by atoms with Gasteiger partial charge in [0.2, 0.25) is 0 Å². The van der Waals surface area contributed by atoms with Crippen molar-refractivity contribution >= 4 is 0 Å². The molecule has 0 aromatic heterocycles. The molecule has 0 aromatic carbocycles. The van der Waals surface area contributed by atoms with Crippen LogP contribution in [0.3, 0.4) is 0 Å². The number of hydrogen-bond donors (Lipinski definition) is 1. The Bertz CT molecular complexity index is 136. The van der Waals surface area contributed by atoms with Crippen molar-refractivity contribution in [3.63, 3.8) is 0 Å². The fraction of sp³-hybridized carbons (Fsp3) is 1.00. The summed E-state index contributed by atoms with van der Waals surface area (Å²) in [4.78, 5) is 0. The fourth-order valence-corrected chi connectivity index (χ4v) is 2.20. The van der Waals surface area contributed by atoms with E-state index in [1.807, 2.05) is 0 Å². The predicted molar refractivity (Wildman–Crippen MR) is 58.9 cm³/mol. The first-order chi connectivity index (χ1) is 6.11. The summed E-state index contributed by atoms with van der Waals surface area (Å²) < 4.78 is 0. The summed E-state index contributed by atoms with van der Waals surface area (Å²) in [6, 6.07) is 1.38. The highest BCUT2D eigenvalue weighted by molar-refractivity contribution is 4.80. The summed E-state index contributed by atoms with van der Waals surface area (Å²) >= 11 is 0. The molecule has 0 amide bonds. The van der Waals surface area contributed by atoms with Crippen molar-refractivity contribution in [2.24, 2.45) is 11.8 Å². The van der Waals surface area contributed by atoms with Crippen molar-refractivity contribution < 1.29 is 0 Å². The maximum absolute atomic E-state index is 3.72. The Morgan fingerprint density at radius 3 is 2.00 bits per heavy atom. The topological polar surface area (TPSA) is 12.0 Å². The molecule has 0 bridgehead atoms. The van der Waals surface area contributed by atoms with Crippen LogP contribution in [0.15, 0.2) is 0 Å². The molecule has 0 radical (unpaired) electrons. The van der Waals surface area contributed by atoms with E-state index < -0.39 is 0 Å². The van der Waals surface area contributed by atoms with Gasteiger partial charge in [-0.2, -0.15) is 0 Å². The molecular weight excluding hydrogens is 158 g/mol. The normalized spacial score (nSPS) is 23.8. The molecule has 13 heavy (non-hydrogen) atoms. The summed E-state index contributed by atoms with van der Waals surface area (Å²) in [7, 11) is 0. The van der Waals surface area contributed by atoms with E-state index in [2.05, 4.69) is 33.0 Å². The van der Waals surface area contributed by atoms with Crippen LogP contribution in [-0.2, 0) is 0 Å². The van der Waals surface area contributed by atoms with Gasteiger partial charge in [0, 0.05) is 12.1 Å². The van der Waals surface area contributed by atoms with E-state index in [-0.39, 0.29) is 0 Å². The molecule has 1 heteroatoms. The van der Waals surface area contributed by atoms with Gasteiger partial charge in [0.1, 0.15) is 0 Å². The Hall–Kier alpha value is -0.0400. The maximum atomic E-state index is 3.72. The third-order valence-electron chi connectivity index (χ3n) is 3.63.